The zero-order chi connectivity index (χ0) is 8.41. The first kappa shape index (κ1) is 14.7. The molecule has 0 saturated heterocycles. The van der Waals surface area contributed by atoms with E-state index < -0.39 is 5.84 Å². The smallest absolute Gasteiger partial charge is 0.00923 e. The Hall–Kier alpha value is 4.70. The molecule has 0 aliphatic heterocycles. The maximum Gasteiger partial charge on any atom is 0.00923 e. The molecule has 0 aliphatic carbocycles. The molecule has 0 aromatic heterocycles. The Kier molecular flexibility index (Phi) is 9.29. The van der Waals surface area contributed by atoms with Crippen LogP contribution in [-0.2, 0) is 0 Å². The van der Waals surface area contributed by atoms with Crippen molar-refractivity contribution >= 4 is 120 Å². The summed E-state index contributed by atoms with van der Waals surface area (Å²) in [5, 5.41) is 0. The van der Waals surface area contributed by atoms with Gasteiger partial charge in [0.15, 0.2) is 0 Å². The van der Waals surface area contributed by atoms with Gasteiger partial charge in [-0.05, 0) is 52.8 Å². The van der Waals surface area contributed by atoms with Crippen LogP contribution in [0.4, 0.5) is 0 Å². The van der Waals surface area contributed by atoms with E-state index in [1.165, 1.54) is 5.75 Å². The SMILES string of the molecule is CCS(I)(I)S(I)(I)SI. The van der Waals surface area contributed by atoms with Crippen molar-refractivity contribution in [2.75, 3.05) is 5.75 Å². The van der Waals surface area contributed by atoms with Crippen LogP contribution in [0.2, 0.25) is 0 Å². The maximum absolute atomic E-state index is 2.65. The van der Waals surface area contributed by atoms with Gasteiger partial charge in [-0.3, -0.25) is 0 Å². The number of halogens is 5. The Labute approximate surface area is 129 Å². The lowest BCUT2D eigenvalue weighted by Crippen LogP contribution is -1.81. The summed E-state index contributed by atoms with van der Waals surface area (Å²) >= 11 is 13.0. The third-order valence-corrected chi connectivity index (χ3v) is 84.0. The van der Waals surface area contributed by atoms with Crippen molar-refractivity contribution in [2.45, 2.75) is 6.92 Å². The second-order valence-electron chi connectivity index (χ2n) is 1.25. The number of rotatable bonds is 3. The minimum absolute atomic E-state index is 0.396. The standard InChI is InChI=1S/C2H5I5S3/c1-2-9(4,5)10(6,7)8-3/h2H2,1H3. The molecule has 10 heavy (non-hydrogen) atoms. The average Bonchev–Trinajstić information content (AvgIpc) is 1.88. The van der Waals surface area contributed by atoms with Crippen molar-refractivity contribution in [2.24, 2.45) is 0 Å². The van der Waals surface area contributed by atoms with Gasteiger partial charge in [0.2, 0.25) is 0 Å². The third-order valence-electron chi connectivity index (χ3n) is 0.693. The predicted octanol–water partition coefficient (Wildman–Crippen LogP) is 6.93. The molecule has 0 spiro atoms. The highest BCUT2D eigenvalue weighted by molar-refractivity contribution is 14.4. The first-order chi connectivity index (χ1) is 4.37. The summed E-state index contributed by atoms with van der Waals surface area (Å²) in [6.07, 6.45) is 0. The molecule has 0 saturated carbocycles. The molecule has 0 N–H and O–H groups in total. The Morgan fingerprint density at radius 1 is 1.20 bits per heavy atom. The highest BCUT2D eigenvalue weighted by Crippen LogP contribution is 3.03. The monoisotopic (exact) mass is 759 g/mol. The molecule has 0 bridgehead atoms. The molecule has 0 radical (unpaired) electrons. The van der Waals surface area contributed by atoms with Gasteiger partial charge in [0.25, 0.3) is 0 Å². The van der Waals surface area contributed by atoms with E-state index in [0.29, 0.717) is 0 Å². The zero-order valence-corrected chi connectivity index (χ0v) is 18.1. The highest BCUT2D eigenvalue weighted by Gasteiger charge is 2.34. The summed E-state index contributed by atoms with van der Waals surface area (Å²) in [6, 6.07) is 0. The van der Waals surface area contributed by atoms with Crippen LogP contribution in [0, 0.1) is 0 Å². The van der Waals surface area contributed by atoms with Crippen molar-refractivity contribution in [3.05, 3.63) is 0 Å². The van der Waals surface area contributed by atoms with E-state index in [1.807, 2.05) is 7.97 Å². The summed E-state index contributed by atoms with van der Waals surface area (Å²) < 4.78 is -0.843. The molecule has 0 aromatic rings. The largest absolute Gasteiger partial charge is 0.0749 e. The van der Waals surface area contributed by atoms with E-state index in [0.717, 1.165) is 0 Å². The van der Waals surface area contributed by atoms with E-state index in [4.69, 9.17) is 0 Å². The summed E-state index contributed by atoms with van der Waals surface area (Å²) in [5.41, 5.74) is 0. The minimum Gasteiger partial charge on any atom is -0.0749 e. The van der Waals surface area contributed by atoms with Crippen molar-refractivity contribution in [1.29, 1.82) is 0 Å². The van der Waals surface area contributed by atoms with Crippen LogP contribution in [0.3, 0.4) is 0 Å². The molecule has 0 aliphatic rings. The van der Waals surface area contributed by atoms with E-state index in [2.05, 4.69) is 113 Å². The van der Waals surface area contributed by atoms with Gasteiger partial charge >= 0.3 is 0 Å². The maximum atomic E-state index is 2.65. The molecular formula is C2H5I5S3. The zero-order valence-electron chi connectivity index (χ0n) is 4.82. The second kappa shape index (κ2) is 6.32. The highest BCUT2D eigenvalue weighted by atomic mass is 127. The average molecular weight is 760 g/mol. The van der Waals surface area contributed by atoms with Crippen LogP contribution in [0.5, 0.6) is 0 Å². The van der Waals surface area contributed by atoms with Gasteiger partial charge in [-0.15, -0.1) is 0 Å². The van der Waals surface area contributed by atoms with Crippen LogP contribution in [0.25, 0.3) is 0 Å². The Morgan fingerprint density at radius 3 is 1.70 bits per heavy atom. The van der Waals surface area contributed by atoms with Gasteiger partial charge in [-0.1, -0.05) is 10.3 Å². The van der Waals surface area contributed by atoms with Crippen LogP contribution in [0.1, 0.15) is 6.92 Å². The molecule has 0 amide bonds. The van der Waals surface area contributed by atoms with Gasteiger partial charge in [-0.25, -0.2) is 0 Å². The van der Waals surface area contributed by atoms with Gasteiger partial charge in [0, 0.05) is 69.4 Å². The summed E-state index contributed by atoms with van der Waals surface area (Å²) in [4.78, 5) is 0. The molecule has 0 nitrogen and oxygen atoms in total. The minimum atomic E-state index is -0.448. The number of hydrogen-bond donors (Lipinski definition) is 0. The summed E-state index contributed by atoms with van der Waals surface area (Å²) in [6.45, 7) is 2.29. The lowest BCUT2D eigenvalue weighted by molar-refractivity contribution is 1.54. The Bertz CT molecular complexity index is 99.5. The summed E-state index contributed by atoms with van der Waals surface area (Å²) in [7, 11) is 2.01. The fourth-order valence-electron chi connectivity index (χ4n) is 0.175. The fraction of sp³-hybridized carbons (Fsp3) is 1.00. The van der Waals surface area contributed by atoms with Gasteiger partial charge in [-0.2, -0.15) is 0 Å². The van der Waals surface area contributed by atoms with E-state index in [-0.39, 0.29) is 0 Å². The molecule has 0 heterocycles. The molecular weight excluding hydrogens is 755 g/mol. The molecule has 66 valence electrons. The van der Waals surface area contributed by atoms with Gasteiger partial charge < -0.3 is 0 Å². The Morgan fingerprint density at radius 2 is 1.60 bits per heavy atom. The van der Waals surface area contributed by atoms with E-state index >= 15 is 0 Å². The topological polar surface area (TPSA) is 0 Å². The van der Waals surface area contributed by atoms with E-state index in [1.54, 1.807) is 0 Å². The Balaban J connectivity index is 4.28. The fourth-order valence-corrected chi connectivity index (χ4v) is 33.6. The molecule has 0 aromatic carbocycles. The second-order valence-corrected chi connectivity index (χ2v) is 50.5. The first-order valence-electron chi connectivity index (χ1n) is 2.10. The molecule has 0 rings (SSSR count). The molecule has 0 unspecified atom stereocenters. The predicted molar refractivity (Wildman–Crippen MR) is 103 cm³/mol. The molecule has 8 heteroatoms. The normalized spacial score (nSPS) is 17.0. The van der Waals surface area contributed by atoms with Crippen molar-refractivity contribution in [3.63, 3.8) is 0 Å². The van der Waals surface area contributed by atoms with Crippen LogP contribution < -0.4 is 0 Å². The first-order valence-corrected chi connectivity index (χ1v) is 20.1. The lowest BCUT2D eigenvalue weighted by atomic mass is 11.0. The quantitative estimate of drug-likeness (QED) is 0.223. The van der Waals surface area contributed by atoms with Crippen molar-refractivity contribution in [1.82, 2.24) is 0 Å². The van der Waals surface area contributed by atoms with Crippen molar-refractivity contribution < 1.29 is 0 Å². The van der Waals surface area contributed by atoms with Gasteiger partial charge in [0.05, 0.1) is 0 Å². The van der Waals surface area contributed by atoms with Crippen LogP contribution in [-0.4, -0.2) is 5.75 Å². The number of hydrogen-bond acceptors (Lipinski definition) is 1. The van der Waals surface area contributed by atoms with Crippen molar-refractivity contribution in [3.8, 4) is 0 Å². The van der Waals surface area contributed by atoms with E-state index in [9.17, 15) is 0 Å². The molecule has 0 fully saturated rings. The van der Waals surface area contributed by atoms with Crippen LogP contribution in [0.15, 0.2) is 0 Å². The van der Waals surface area contributed by atoms with Crippen LogP contribution >= 0.6 is 120 Å². The van der Waals surface area contributed by atoms with Gasteiger partial charge in [0.1, 0.15) is 0 Å². The lowest BCUT2D eigenvalue weighted by Gasteiger charge is -2.39. The third kappa shape index (κ3) is 4.48. The summed E-state index contributed by atoms with van der Waals surface area (Å²) in [5.74, 6) is 1.32. The molecule has 0 atom stereocenters.